The normalized spacial score (nSPS) is 17.5. The fourth-order valence-corrected chi connectivity index (χ4v) is 5.77. The molecule has 0 spiro atoms. The molecule has 2 aliphatic heterocycles. The highest BCUT2D eigenvalue weighted by atomic mass is 127. The van der Waals surface area contributed by atoms with Crippen LogP contribution in [0.3, 0.4) is 0 Å². The zero-order valence-electron chi connectivity index (χ0n) is 20.4. The van der Waals surface area contributed by atoms with E-state index in [-0.39, 0.29) is 17.4 Å². The lowest BCUT2D eigenvalue weighted by Crippen LogP contribution is -2.42. The Labute approximate surface area is 229 Å². The first kappa shape index (κ1) is 26.5. The van der Waals surface area contributed by atoms with Crippen LogP contribution in [-0.4, -0.2) is 53.6 Å². The number of ether oxygens (including phenoxy) is 2. The van der Waals surface area contributed by atoms with Gasteiger partial charge in [0.15, 0.2) is 11.5 Å². The molecule has 2 aliphatic rings. The summed E-state index contributed by atoms with van der Waals surface area (Å²) >= 11 is 3.03. The Bertz CT molecular complexity index is 1170. The third-order valence-corrected chi connectivity index (χ3v) is 7.89. The summed E-state index contributed by atoms with van der Waals surface area (Å²) in [6.07, 6.45) is 5.78. The van der Waals surface area contributed by atoms with Crippen LogP contribution in [0.4, 0.5) is 4.79 Å². The van der Waals surface area contributed by atoms with Crippen LogP contribution in [0, 0.1) is 10.5 Å². The summed E-state index contributed by atoms with van der Waals surface area (Å²) in [4.78, 5) is 41.4. The molecular formula is C27H29IN2O5S. The van der Waals surface area contributed by atoms with E-state index in [0.717, 1.165) is 51.5 Å². The average molecular weight is 621 g/mol. The molecule has 2 heterocycles. The van der Waals surface area contributed by atoms with E-state index in [1.54, 1.807) is 24.2 Å². The predicted octanol–water partition coefficient (Wildman–Crippen LogP) is 5.63. The highest BCUT2D eigenvalue weighted by Gasteiger charge is 2.37. The predicted molar refractivity (Wildman–Crippen MR) is 149 cm³/mol. The maximum atomic E-state index is 13.0. The van der Waals surface area contributed by atoms with E-state index in [9.17, 15) is 14.4 Å². The van der Waals surface area contributed by atoms with Crippen LogP contribution in [0.25, 0.3) is 6.08 Å². The second kappa shape index (κ2) is 12.1. The van der Waals surface area contributed by atoms with Crippen molar-refractivity contribution in [2.45, 2.75) is 39.2 Å². The van der Waals surface area contributed by atoms with Crippen molar-refractivity contribution < 1.29 is 23.9 Å². The van der Waals surface area contributed by atoms with Gasteiger partial charge in [0.2, 0.25) is 5.91 Å². The van der Waals surface area contributed by atoms with E-state index < -0.39 is 11.1 Å². The molecule has 0 aromatic heterocycles. The molecule has 0 aliphatic carbocycles. The molecule has 0 saturated carbocycles. The van der Waals surface area contributed by atoms with Crippen LogP contribution < -0.4 is 9.47 Å². The number of hydrogen-bond donors (Lipinski definition) is 0. The minimum absolute atomic E-state index is 0.174. The number of nitrogens with zero attached hydrogens (tertiary/aromatic N) is 2. The van der Waals surface area contributed by atoms with Crippen molar-refractivity contribution in [3.8, 4) is 11.5 Å². The van der Waals surface area contributed by atoms with Gasteiger partial charge in [0.25, 0.3) is 11.1 Å². The Morgan fingerprint density at radius 1 is 1.08 bits per heavy atom. The Hall–Kier alpha value is -2.53. The standard InChI is InChI=1S/C27H29IN2O5S/c1-18-7-9-19(10-8-18)17-35-25-21(28)13-20(14-22(25)34-2)15-23-26(32)30(27(33)36-23)16-24(31)29-11-5-3-4-6-12-29/h7-10,13-15H,3-6,11-12,16-17H2,1-2H3. The molecule has 0 atom stereocenters. The lowest BCUT2D eigenvalue weighted by atomic mass is 10.1. The maximum absolute atomic E-state index is 13.0. The lowest BCUT2D eigenvalue weighted by molar-refractivity contribution is -0.135. The Morgan fingerprint density at radius 2 is 1.78 bits per heavy atom. The van der Waals surface area contributed by atoms with E-state index in [0.29, 0.717) is 36.8 Å². The SMILES string of the molecule is COc1cc(C=C2SC(=O)N(CC(=O)N3CCCCCC3)C2=O)cc(I)c1OCc1ccc(C)cc1. The second-order valence-electron chi connectivity index (χ2n) is 8.87. The first-order valence-corrected chi connectivity index (χ1v) is 13.8. The number of halogens is 1. The lowest BCUT2D eigenvalue weighted by Gasteiger charge is -2.22. The smallest absolute Gasteiger partial charge is 0.294 e. The monoisotopic (exact) mass is 620 g/mol. The zero-order valence-corrected chi connectivity index (χ0v) is 23.4. The third-order valence-electron chi connectivity index (χ3n) is 6.18. The van der Waals surface area contributed by atoms with Gasteiger partial charge >= 0.3 is 0 Å². The molecule has 9 heteroatoms. The molecule has 7 nitrogen and oxygen atoms in total. The summed E-state index contributed by atoms with van der Waals surface area (Å²) < 4.78 is 12.4. The molecule has 2 aromatic rings. The number of carbonyl (C=O) groups excluding carboxylic acids is 3. The first-order chi connectivity index (χ1) is 17.4. The minimum atomic E-state index is -0.443. The van der Waals surface area contributed by atoms with Gasteiger partial charge in [0.05, 0.1) is 15.6 Å². The molecule has 2 fully saturated rings. The van der Waals surface area contributed by atoms with E-state index in [1.165, 1.54) is 5.56 Å². The van der Waals surface area contributed by atoms with Crippen molar-refractivity contribution in [2.75, 3.05) is 26.7 Å². The highest BCUT2D eigenvalue weighted by molar-refractivity contribution is 14.1. The topological polar surface area (TPSA) is 76.2 Å². The summed E-state index contributed by atoms with van der Waals surface area (Å²) in [7, 11) is 1.57. The van der Waals surface area contributed by atoms with E-state index in [1.807, 2.05) is 37.3 Å². The van der Waals surface area contributed by atoms with Crippen LogP contribution >= 0.6 is 34.4 Å². The molecular weight excluding hydrogens is 591 g/mol. The van der Waals surface area contributed by atoms with Crippen molar-refractivity contribution in [2.24, 2.45) is 0 Å². The van der Waals surface area contributed by atoms with Gasteiger partial charge in [0, 0.05) is 13.1 Å². The summed E-state index contributed by atoms with van der Waals surface area (Å²) in [5, 5.41) is -0.422. The molecule has 2 saturated heterocycles. The van der Waals surface area contributed by atoms with Gasteiger partial charge in [-0.15, -0.1) is 0 Å². The molecule has 0 radical (unpaired) electrons. The van der Waals surface area contributed by atoms with Crippen molar-refractivity contribution in [1.29, 1.82) is 0 Å². The number of carbonyl (C=O) groups is 3. The van der Waals surface area contributed by atoms with Gasteiger partial charge in [-0.05, 0) is 83.5 Å². The number of methoxy groups -OCH3 is 1. The molecule has 36 heavy (non-hydrogen) atoms. The molecule has 2 aromatic carbocycles. The van der Waals surface area contributed by atoms with Crippen molar-refractivity contribution in [3.05, 3.63) is 61.6 Å². The van der Waals surface area contributed by atoms with Crippen LogP contribution in [-0.2, 0) is 16.2 Å². The van der Waals surface area contributed by atoms with Crippen LogP contribution in [0.2, 0.25) is 0 Å². The number of benzene rings is 2. The minimum Gasteiger partial charge on any atom is -0.493 e. The summed E-state index contributed by atoms with van der Waals surface area (Å²) in [5.41, 5.74) is 2.94. The Kier molecular flexibility index (Phi) is 8.95. The molecule has 0 bridgehead atoms. The number of aryl methyl sites for hydroxylation is 1. The van der Waals surface area contributed by atoms with Gasteiger partial charge in [0.1, 0.15) is 13.2 Å². The summed E-state index contributed by atoms with van der Waals surface area (Å²) in [6, 6.07) is 11.8. The van der Waals surface area contributed by atoms with Gasteiger partial charge in [-0.2, -0.15) is 0 Å². The van der Waals surface area contributed by atoms with Crippen molar-refractivity contribution >= 4 is 57.5 Å². The number of rotatable bonds is 7. The number of thioether (sulfide) groups is 1. The van der Waals surface area contributed by atoms with Crippen LogP contribution in [0.1, 0.15) is 42.4 Å². The average Bonchev–Trinajstić information content (AvgIpc) is 3.05. The van der Waals surface area contributed by atoms with E-state index in [4.69, 9.17) is 9.47 Å². The summed E-state index contributed by atoms with van der Waals surface area (Å²) in [6.45, 7) is 3.59. The fourth-order valence-electron chi connectivity index (χ4n) is 4.15. The van der Waals surface area contributed by atoms with E-state index in [2.05, 4.69) is 22.6 Å². The maximum Gasteiger partial charge on any atom is 0.294 e. The van der Waals surface area contributed by atoms with Gasteiger partial charge < -0.3 is 14.4 Å². The quantitative estimate of drug-likeness (QED) is 0.295. The first-order valence-electron chi connectivity index (χ1n) is 11.9. The highest BCUT2D eigenvalue weighted by Crippen LogP contribution is 2.37. The van der Waals surface area contributed by atoms with Crippen LogP contribution in [0.5, 0.6) is 11.5 Å². The molecule has 190 valence electrons. The Balaban J connectivity index is 1.47. The molecule has 0 unspecified atom stereocenters. The number of likely N-dealkylation sites (tertiary alicyclic amines) is 1. The number of amides is 3. The number of hydrogen-bond acceptors (Lipinski definition) is 6. The van der Waals surface area contributed by atoms with Crippen LogP contribution in [0.15, 0.2) is 41.3 Å². The molecule has 3 amide bonds. The number of imide groups is 1. The molecule has 0 N–H and O–H groups in total. The summed E-state index contributed by atoms with van der Waals surface area (Å²) in [5.74, 6) is 0.538. The molecule has 4 rings (SSSR count). The van der Waals surface area contributed by atoms with Crippen molar-refractivity contribution in [1.82, 2.24) is 9.80 Å². The van der Waals surface area contributed by atoms with Crippen molar-refractivity contribution in [3.63, 3.8) is 0 Å². The van der Waals surface area contributed by atoms with Gasteiger partial charge in [-0.3, -0.25) is 19.3 Å². The van der Waals surface area contributed by atoms with Gasteiger partial charge in [-0.25, -0.2) is 0 Å². The van der Waals surface area contributed by atoms with E-state index >= 15 is 0 Å². The fraction of sp³-hybridized carbons (Fsp3) is 0.370. The largest absolute Gasteiger partial charge is 0.493 e. The third kappa shape index (κ3) is 6.42. The van der Waals surface area contributed by atoms with Gasteiger partial charge in [-0.1, -0.05) is 42.7 Å². The Morgan fingerprint density at radius 3 is 2.44 bits per heavy atom. The zero-order chi connectivity index (χ0) is 25.7. The second-order valence-corrected chi connectivity index (χ2v) is 11.0.